The summed E-state index contributed by atoms with van der Waals surface area (Å²) < 4.78 is 32.7. The third kappa shape index (κ3) is 4.33. The Morgan fingerprint density at radius 1 is 1.38 bits per heavy atom. The molecule has 21 heavy (non-hydrogen) atoms. The summed E-state index contributed by atoms with van der Waals surface area (Å²) in [4.78, 5) is 0. The third-order valence-corrected chi connectivity index (χ3v) is 6.34. The van der Waals surface area contributed by atoms with E-state index in [0.29, 0.717) is 42.6 Å². The van der Waals surface area contributed by atoms with Crippen LogP contribution < -0.4 is 4.72 Å². The van der Waals surface area contributed by atoms with Gasteiger partial charge >= 0.3 is 0 Å². The van der Waals surface area contributed by atoms with Crippen molar-refractivity contribution in [1.29, 1.82) is 0 Å². The van der Waals surface area contributed by atoms with Gasteiger partial charge in [-0.05, 0) is 30.5 Å². The normalized spacial score (nSPS) is 23.2. The van der Waals surface area contributed by atoms with Crippen LogP contribution in [0.4, 0.5) is 0 Å². The van der Waals surface area contributed by atoms with E-state index >= 15 is 0 Å². The highest BCUT2D eigenvalue weighted by atomic mass is 35.5. The van der Waals surface area contributed by atoms with Crippen molar-refractivity contribution in [3.8, 4) is 0 Å². The molecule has 1 fully saturated rings. The summed E-state index contributed by atoms with van der Waals surface area (Å²) in [5, 5.41) is 0.686. The molecule has 0 amide bonds. The van der Waals surface area contributed by atoms with Crippen molar-refractivity contribution < 1.29 is 13.2 Å². The maximum Gasteiger partial charge on any atom is 0.214 e. The number of ether oxygens (including phenoxy) is 1. The molecule has 0 unspecified atom stereocenters. The van der Waals surface area contributed by atoms with Gasteiger partial charge in [0.1, 0.15) is 0 Å². The van der Waals surface area contributed by atoms with Crippen molar-refractivity contribution in [3.05, 3.63) is 33.8 Å². The molecule has 0 spiro atoms. The lowest BCUT2D eigenvalue weighted by Crippen LogP contribution is -2.44. The molecule has 0 aliphatic carbocycles. The van der Waals surface area contributed by atoms with E-state index in [1.807, 2.05) is 6.07 Å². The number of nitrogens with one attached hydrogen (secondary N) is 1. The molecule has 2 atom stereocenters. The molecule has 7 heteroatoms. The van der Waals surface area contributed by atoms with Gasteiger partial charge in [-0.2, -0.15) is 0 Å². The van der Waals surface area contributed by atoms with E-state index in [1.54, 1.807) is 19.1 Å². The number of sulfonamides is 1. The Bertz CT molecular complexity index is 592. The van der Waals surface area contributed by atoms with Crippen LogP contribution >= 0.6 is 23.2 Å². The maximum atomic E-state index is 12.3. The van der Waals surface area contributed by atoms with Crippen LogP contribution in [0.3, 0.4) is 0 Å². The zero-order valence-corrected chi connectivity index (χ0v) is 14.1. The molecule has 0 bridgehead atoms. The Labute approximate surface area is 135 Å². The van der Waals surface area contributed by atoms with Crippen molar-refractivity contribution in [2.24, 2.45) is 5.92 Å². The van der Waals surface area contributed by atoms with E-state index in [0.717, 1.165) is 5.56 Å². The molecule has 118 valence electrons. The van der Waals surface area contributed by atoms with Crippen LogP contribution in [-0.4, -0.2) is 33.4 Å². The summed E-state index contributed by atoms with van der Waals surface area (Å²) >= 11 is 12.1. The van der Waals surface area contributed by atoms with Crippen LogP contribution in [0.25, 0.3) is 0 Å². The van der Waals surface area contributed by atoms with Crippen LogP contribution in [0.5, 0.6) is 0 Å². The number of hydrogen-bond donors (Lipinski definition) is 1. The van der Waals surface area contributed by atoms with Crippen LogP contribution in [-0.2, 0) is 21.2 Å². The highest BCUT2D eigenvalue weighted by molar-refractivity contribution is 7.90. The number of benzene rings is 1. The Hall–Kier alpha value is -0.330. The fourth-order valence-electron chi connectivity index (χ4n) is 2.65. The average Bonchev–Trinajstić information content (AvgIpc) is 2.42. The molecule has 4 nitrogen and oxygen atoms in total. The predicted octanol–water partition coefficient (Wildman–Crippen LogP) is 2.88. The molecule has 1 N–H and O–H groups in total. The first-order valence-electron chi connectivity index (χ1n) is 6.94. The van der Waals surface area contributed by atoms with Crippen LogP contribution in [0, 0.1) is 5.92 Å². The fourth-order valence-corrected chi connectivity index (χ4v) is 4.84. The number of rotatable bonds is 5. The lowest BCUT2D eigenvalue weighted by Gasteiger charge is -2.31. The second kappa shape index (κ2) is 7.29. The van der Waals surface area contributed by atoms with Crippen molar-refractivity contribution in [3.63, 3.8) is 0 Å². The van der Waals surface area contributed by atoms with Crippen molar-refractivity contribution in [2.45, 2.75) is 25.0 Å². The Balaban J connectivity index is 2.19. The Kier molecular flexibility index (Phi) is 5.91. The second-order valence-electron chi connectivity index (χ2n) is 5.14. The summed E-state index contributed by atoms with van der Waals surface area (Å²) in [5.74, 6) is -0.110. The van der Waals surface area contributed by atoms with E-state index in [4.69, 9.17) is 27.9 Å². The number of halogens is 2. The first-order valence-corrected chi connectivity index (χ1v) is 9.24. The van der Waals surface area contributed by atoms with Crippen LogP contribution in [0.1, 0.15) is 18.9 Å². The second-order valence-corrected chi connectivity index (χ2v) is 7.97. The fraction of sp³-hybridized carbons (Fsp3) is 0.571. The summed E-state index contributed by atoms with van der Waals surface area (Å²) in [6, 6.07) is 5.28. The first-order chi connectivity index (χ1) is 9.94. The summed E-state index contributed by atoms with van der Waals surface area (Å²) in [5.41, 5.74) is 0.897. The quantitative estimate of drug-likeness (QED) is 0.887. The Morgan fingerprint density at radius 2 is 2.14 bits per heavy atom. The first kappa shape index (κ1) is 17.0. The minimum atomic E-state index is -3.32. The van der Waals surface area contributed by atoms with Gasteiger partial charge in [0, 0.05) is 29.1 Å². The van der Waals surface area contributed by atoms with Gasteiger partial charge in [-0.3, -0.25) is 0 Å². The molecular weight excluding hydrogens is 333 g/mol. The number of hydrogen-bond acceptors (Lipinski definition) is 3. The summed E-state index contributed by atoms with van der Waals surface area (Å²) in [6.45, 7) is 3.07. The molecule has 1 heterocycles. The molecular formula is C14H19Cl2NO3S. The van der Waals surface area contributed by atoms with E-state index in [1.165, 1.54) is 0 Å². The Morgan fingerprint density at radius 3 is 2.81 bits per heavy atom. The molecule has 0 aromatic heterocycles. The molecule has 0 saturated carbocycles. The van der Waals surface area contributed by atoms with Gasteiger partial charge in [0.15, 0.2) is 0 Å². The maximum absolute atomic E-state index is 12.3. The van der Waals surface area contributed by atoms with Crippen molar-refractivity contribution >= 4 is 33.2 Å². The molecule has 1 aromatic rings. The molecule has 1 saturated heterocycles. The lowest BCUT2D eigenvalue weighted by atomic mass is 9.93. The van der Waals surface area contributed by atoms with Gasteiger partial charge in [0.05, 0.1) is 11.9 Å². The highest BCUT2D eigenvalue weighted by Crippen LogP contribution is 2.29. The smallest absolute Gasteiger partial charge is 0.214 e. The van der Waals surface area contributed by atoms with E-state index in [-0.39, 0.29) is 5.92 Å². The minimum absolute atomic E-state index is 0.110. The molecule has 1 aliphatic heterocycles. The monoisotopic (exact) mass is 351 g/mol. The predicted molar refractivity (Wildman–Crippen MR) is 85.5 cm³/mol. The van der Waals surface area contributed by atoms with Crippen LogP contribution in [0.2, 0.25) is 10.0 Å². The summed E-state index contributed by atoms with van der Waals surface area (Å²) in [6.07, 6.45) is 1.07. The lowest BCUT2D eigenvalue weighted by molar-refractivity contribution is 0.0570. The van der Waals surface area contributed by atoms with Crippen molar-refractivity contribution in [2.75, 3.05) is 19.8 Å². The van der Waals surface area contributed by atoms with Crippen molar-refractivity contribution in [1.82, 2.24) is 4.72 Å². The van der Waals surface area contributed by atoms with Gasteiger partial charge in [-0.1, -0.05) is 36.2 Å². The molecule has 1 aliphatic rings. The van der Waals surface area contributed by atoms with E-state index in [9.17, 15) is 8.42 Å². The van der Waals surface area contributed by atoms with Gasteiger partial charge < -0.3 is 4.74 Å². The standard InChI is InChI=1S/C14H19Cl2NO3S/c1-2-17-21(18,19)14-5-6-20-9-11(14)7-10-3-4-12(15)8-13(10)16/h3-4,8,11,14,17H,2,5-7,9H2,1H3/t11-,14-/m1/s1. The van der Waals surface area contributed by atoms with Gasteiger partial charge in [-0.15, -0.1) is 0 Å². The SMILES string of the molecule is CCNS(=O)(=O)[C@@H]1CCOC[C@H]1Cc1ccc(Cl)cc1Cl. The van der Waals surface area contributed by atoms with E-state index in [2.05, 4.69) is 4.72 Å². The molecule has 2 rings (SSSR count). The largest absolute Gasteiger partial charge is 0.381 e. The van der Waals surface area contributed by atoms with E-state index < -0.39 is 15.3 Å². The molecule has 1 aromatic carbocycles. The van der Waals surface area contributed by atoms with Gasteiger partial charge in [-0.25, -0.2) is 13.1 Å². The molecule has 0 radical (unpaired) electrons. The minimum Gasteiger partial charge on any atom is -0.381 e. The highest BCUT2D eigenvalue weighted by Gasteiger charge is 2.35. The zero-order chi connectivity index (χ0) is 15.5. The topological polar surface area (TPSA) is 55.4 Å². The summed E-state index contributed by atoms with van der Waals surface area (Å²) in [7, 11) is -3.32. The zero-order valence-electron chi connectivity index (χ0n) is 11.8. The average molecular weight is 352 g/mol. The third-order valence-electron chi connectivity index (χ3n) is 3.65. The van der Waals surface area contributed by atoms with Crippen LogP contribution in [0.15, 0.2) is 18.2 Å². The van der Waals surface area contributed by atoms with Gasteiger partial charge in [0.2, 0.25) is 10.0 Å². The van der Waals surface area contributed by atoms with Gasteiger partial charge in [0.25, 0.3) is 0 Å².